The molecule has 1 N–H and O–H groups in total. The Hall–Kier alpha value is -3.80. The Labute approximate surface area is 249 Å². The summed E-state index contributed by atoms with van der Waals surface area (Å²) in [5.41, 5.74) is 1.54. The fraction of sp³-hybridized carbons (Fsp3) is 0.387. The molecule has 3 aliphatic heterocycles. The molecule has 2 saturated heterocycles. The molecule has 5 heterocycles. The molecule has 1 aliphatic carbocycles. The molecule has 43 heavy (non-hydrogen) atoms. The van der Waals surface area contributed by atoms with E-state index in [9.17, 15) is 14.3 Å². The summed E-state index contributed by atoms with van der Waals surface area (Å²) in [4.78, 5) is 22.8. The molecule has 0 bridgehead atoms. The molecule has 5 atom stereocenters. The van der Waals surface area contributed by atoms with E-state index in [2.05, 4.69) is 14.9 Å². The third-order valence-corrected chi connectivity index (χ3v) is 9.41. The van der Waals surface area contributed by atoms with E-state index in [0.717, 1.165) is 12.5 Å². The van der Waals surface area contributed by atoms with E-state index in [1.165, 1.54) is 18.3 Å². The lowest BCUT2D eigenvalue weighted by Gasteiger charge is -2.28. The van der Waals surface area contributed by atoms with Crippen molar-refractivity contribution in [2.45, 2.75) is 44.2 Å². The number of rotatable bonds is 7. The Morgan fingerprint density at radius 2 is 1.93 bits per heavy atom. The Balaban J connectivity index is 1.03. The maximum atomic E-state index is 15.4. The molecule has 2 aromatic heterocycles. The van der Waals surface area contributed by atoms with Crippen molar-refractivity contribution in [2.75, 3.05) is 19.7 Å². The number of pyridine rings is 1. The summed E-state index contributed by atoms with van der Waals surface area (Å²) in [6.07, 6.45) is 2.37. The number of ether oxygens (including phenoxy) is 3. The standard InChI is InChI=1S/C31H27ClF2N4O5/c1-31(24-5-2-16(32)10-35-24)42-23-4-3-20(33)27(29(23)43-31)26-18-12-37(13-19(18)26)14-25-36-28-21(34)8-15(30(39)40)9-22(28)38(25)11-17-6-7-41-17/h2-5,8-10,17-19,26H,6-7,11-14H2,1H3,(H,39,40)/t17-,18-,19+,26+,31+/m0/s1. The molecule has 2 aromatic carbocycles. The zero-order valence-corrected chi connectivity index (χ0v) is 23.9. The summed E-state index contributed by atoms with van der Waals surface area (Å²) in [7, 11) is 0. The third-order valence-electron chi connectivity index (χ3n) is 9.18. The zero-order valence-electron chi connectivity index (χ0n) is 23.1. The van der Waals surface area contributed by atoms with Crippen LogP contribution in [0.5, 0.6) is 11.5 Å². The predicted octanol–water partition coefficient (Wildman–Crippen LogP) is 5.34. The highest BCUT2D eigenvalue weighted by atomic mass is 35.5. The van der Waals surface area contributed by atoms with Gasteiger partial charge in [-0.15, -0.1) is 0 Å². The first kappa shape index (κ1) is 26.8. The van der Waals surface area contributed by atoms with E-state index in [0.29, 0.717) is 71.9 Å². The number of aromatic nitrogens is 3. The molecule has 3 fully saturated rings. The Bertz CT molecular complexity index is 1780. The van der Waals surface area contributed by atoms with E-state index in [-0.39, 0.29) is 40.8 Å². The highest BCUT2D eigenvalue weighted by Crippen LogP contribution is 2.63. The van der Waals surface area contributed by atoms with Crippen LogP contribution in [-0.2, 0) is 23.6 Å². The molecule has 1 saturated carbocycles. The van der Waals surface area contributed by atoms with Gasteiger partial charge < -0.3 is 23.9 Å². The Kier molecular flexibility index (Phi) is 5.98. The molecular weight excluding hydrogens is 582 g/mol. The highest BCUT2D eigenvalue weighted by Gasteiger charge is 2.59. The van der Waals surface area contributed by atoms with Crippen LogP contribution >= 0.6 is 11.6 Å². The second-order valence-corrected chi connectivity index (χ2v) is 12.3. The van der Waals surface area contributed by atoms with E-state index in [1.54, 1.807) is 25.1 Å². The number of carboxylic acids is 1. The fourth-order valence-electron chi connectivity index (χ4n) is 6.91. The summed E-state index contributed by atoms with van der Waals surface area (Å²) in [5, 5.41) is 9.97. The number of carboxylic acid groups (broad SMARTS) is 1. The van der Waals surface area contributed by atoms with Gasteiger partial charge in [-0.3, -0.25) is 9.88 Å². The number of benzene rings is 2. The molecule has 0 spiro atoms. The van der Waals surface area contributed by atoms with Crippen molar-refractivity contribution in [2.24, 2.45) is 11.8 Å². The maximum Gasteiger partial charge on any atom is 0.335 e. The number of hydrogen-bond acceptors (Lipinski definition) is 7. The Morgan fingerprint density at radius 3 is 2.60 bits per heavy atom. The van der Waals surface area contributed by atoms with Crippen LogP contribution in [0.15, 0.2) is 42.6 Å². The van der Waals surface area contributed by atoms with E-state index < -0.39 is 17.6 Å². The van der Waals surface area contributed by atoms with Crippen LogP contribution in [0.1, 0.15) is 46.7 Å². The van der Waals surface area contributed by atoms with Gasteiger partial charge in [-0.2, -0.15) is 0 Å². The van der Waals surface area contributed by atoms with Crippen molar-refractivity contribution in [1.82, 2.24) is 19.4 Å². The number of piperidine rings is 1. The SMILES string of the molecule is C[C@@]1(c2ccc(Cl)cn2)Oc2ccc(F)c([C@H]3[C@@H]4CN(Cc5nc6c(F)cc(C(=O)O)cc6n5C[C@@H]5CCO5)C[C@@H]43)c2O1. The average molecular weight is 609 g/mol. The van der Waals surface area contributed by atoms with Crippen LogP contribution in [0.25, 0.3) is 11.0 Å². The summed E-state index contributed by atoms with van der Waals surface area (Å²) in [6, 6.07) is 8.93. The molecule has 12 heteroatoms. The van der Waals surface area contributed by atoms with E-state index in [1.807, 2.05) is 4.57 Å². The summed E-state index contributed by atoms with van der Waals surface area (Å²) in [5.74, 6) is -1.43. The van der Waals surface area contributed by atoms with Gasteiger partial charge in [0.15, 0.2) is 17.3 Å². The van der Waals surface area contributed by atoms with Crippen molar-refractivity contribution >= 4 is 28.6 Å². The summed E-state index contributed by atoms with van der Waals surface area (Å²) < 4.78 is 50.2. The van der Waals surface area contributed by atoms with Crippen molar-refractivity contribution in [3.05, 3.63) is 81.9 Å². The number of carbonyl (C=O) groups is 1. The Morgan fingerprint density at radius 1 is 1.14 bits per heavy atom. The van der Waals surface area contributed by atoms with Crippen molar-refractivity contribution in [1.29, 1.82) is 0 Å². The second kappa shape index (κ2) is 9.60. The van der Waals surface area contributed by atoms with Crippen LogP contribution in [0.4, 0.5) is 8.78 Å². The molecule has 4 aliphatic rings. The minimum absolute atomic E-state index is 0.0203. The minimum Gasteiger partial charge on any atom is -0.478 e. The monoisotopic (exact) mass is 608 g/mol. The summed E-state index contributed by atoms with van der Waals surface area (Å²) >= 11 is 6.00. The highest BCUT2D eigenvalue weighted by molar-refractivity contribution is 6.30. The van der Waals surface area contributed by atoms with Gasteiger partial charge in [0, 0.05) is 38.4 Å². The van der Waals surface area contributed by atoms with Crippen molar-refractivity contribution < 1.29 is 32.9 Å². The van der Waals surface area contributed by atoms with Crippen molar-refractivity contribution in [3.8, 4) is 11.5 Å². The number of nitrogens with zero attached hydrogens (tertiary/aromatic N) is 4. The number of aromatic carboxylic acids is 1. The predicted molar refractivity (Wildman–Crippen MR) is 150 cm³/mol. The number of fused-ring (bicyclic) bond motifs is 3. The van der Waals surface area contributed by atoms with Crippen LogP contribution in [0.2, 0.25) is 5.02 Å². The lowest BCUT2D eigenvalue weighted by atomic mass is 10.0. The van der Waals surface area contributed by atoms with Crippen LogP contribution in [0.3, 0.4) is 0 Å². The van der Waals surface area contributed by atoms with E-state index in [4.69, 9.17) is 25.8 Å². The zero-order chi connectivity index (χ0) is 29.6. The third kappa shape index (κ3) is 4.36. The number of halogens is 3. The van der Waals surface area contributed by atoms with Gasteiger partial charge in [-0.05, 0) is 60.6 Å². The lowest BCUT2D eigenvalue weighted by molar-refractivity contribution is -0.0721. The van der Waals surface area contributed by atoms with Gasteiger partial charge in [0.25, 0.3) is 5.79 Å². The summed E-state index contributed by atoms with van der Waals surface area (Å²) in [6.45, 7) is 4.77. The molecular formula is C31H27ClF2N4O5. The largest absolute Gasteiger partial charge is 0.478 e. The van der Waals surface area contributed by atoms with Gasteiger partial charge in [0.1, 0.15) is 22.9 Å². The van der Waals surface area contributed by atoms with Crippen molar-refractivity contribution in [3.63, 3.8) is 0 Å². The van der Waals surface area contributed by atoms with Gasteiger partial charge in [0.05, 0.1) is 35.3 Å². The molecule has 4 aromatic rings. The number of likely N-dealkylation sites (tertiary alicyclic amines) is 1. The van der Waals surface area contributed by atoms with Crippen LogP contribution < -0.4 is 9.47 Å². The maximum absolute atomic E-state index is 15.4. The molecule has 0 amide bonds. The smallest absolute Gasteiger partial charge is 0.335 e. The fourth-order valence-corrected chi connectivity index (χ4v) is 7.02. The van der Waals surface area contributed by atoms with E-state index >= 15 is 4.39 Å². The first-order chi connectivity index (χ1) is 20.7. The molecule has 222 valence electrons. The molecule has 8 rings (SSSR count). The quantitative estimate of drug-likeness (QED) is 0.300. The van der Waals surface area contributed by atoms with Crippen LogP contribution in [0, 0.1) is 23.5 Å². The topological polar surface area (TPSA) is 98.9 Å². The minimum atomic E-state index is -1.20. The molecule has 0 unspecified atom stereocenters. The van der Waals surface area contributed by atoms with Gasteiger partial charge in [0.2, 0.25) is 0 Å². The second-order valence-electron chi connectivity index (χ2n) is 11.9. The first-order valence-corrected chi connectivity index (χ1v) is 14.6. The number of hydrogen-bond donors (Lipinski definition) is 1. The number of imidazole rings is 1. The average Bonchev–Trinajstić information content (AvgIpc) is 3.25. The molecule has 9 nitrogen and oxygen atoms in total. The van der Waals surface area contributed by atoms with Gasteiger partial charge in [-0.1, -0.05) is 11.6 Å². The lowest BCUT2D eigenvalue weighted by Crippen LogP contribution is -2.33. The first-order valence-electron chi connectivity index (χ1n) is 14.3. The molecule has 0 radical (unpaired) electrons. The van der Waals surface area contributed by atoms with Gasteiger partial charge in [-0.25, -0.2) is 18.6 Å². The van der Waals surface area contributed by atoms with Crippen LogP contribution in [-0.4, -0.2) is 56.3 Å². The normalized spacial score (nSPS) is 27.3. The van der Waals surface area contributed by atoms with Gasteiger partial charge >= 0.3 is 5.97 Å².